The van der Waals surface area contributed by atoms with Gasteiger partial charge in [0.1, 0.15) is 0 Å². The minimum absolute atomic E-state index is 0.00660. The summed E-state index contributed by atoms with van der Waals surface area (Å²) in [4.78, 5) is 26.8. The van der Waals surface area contributed by atoms with E-state index >= 15 is 0 Å². The van der Waals surface area contributed by atoms with E-state index in [2.05, 4.69) is 10.6 Å². The van der Waals surface area contributed by atoms with Crippen LogP contribution in [0.3, 0.4) is 0 Å². The molecule has 2 saturated carbocycles. The van der Waals surface area contributed by atoms with E-state index in [-0.39, 0.29) is 30.5 Å². The van der Waals surface area contributed by atoms with Crippen LogP contribution in [0.4, 0.5) is 26.3 Å². The molecule has 0 aliphatic heterocycles. The van der Waals surface area contributed by atoms with E-state index in [0.29, 0.717) is 37.6 Å². The number of hydrogen-bond donors (Lipinski definition) is 2. The summed E-state index contributed by atoms with van der Waals surface area (Å²) in [5.74, 6) is -0.622. The lowest BCUT2D eigenvalue weighted by Crippen LogP contribution is -2.44. The molecule has 0 heterocycles. The van der Waals surface area contributed by atoms with Crippen LogP contribution in [0.15, 0.2) is 18.2 Å². The third-order valence-electron chi connectivity index (χ3n) is 7.26. The first kappa shape index (κ1) is 28.3. The molecule has 2 fully saturated rings. The molecule has 202 valence electrons. The Morgan fingerprint density at radius 3 is 1.94 bits per heavy atom. The second-order valence-corrected chi connectivity index (χ2v) is 9.91. The Bertz CT molecular complexity index is 872. The fraction of sp³-hybridized carbons (Fsp3) is 0.680. The molecule has 0 radical (unpaired) electrons. The molecule has 3 rings (SSSR count). The van der Waals surface area contributed by atoms with Crippen LogP contribution in [-0.2, 0) is 17.1 Å². The van der Waals surface area contributed by atoms with Crippen LogP contribution >= 0.6 is 0 Å². The third-order valence-corrected chi connectivity index (χ3v) is 7.26. The van der Waals surface area contributed by atoms with Crippen molar-refractivity contribution in [2.45, 2.75) is 82.2 Å². The summed E-state index contributed by atoms with van der Waals surface area (Å²) in [5, 5.41) is 5.79. The molecular formula is C25H33F6N3O2. The van der Waals surface area contributed by atoms with E-state index in [4.69, 9.17) is 0 Å². The molecule has 36 heavy (non-hydrogen) atoms. The summed E-state index contributed by atoms with van der Waals surface area (Å²) < 4.78 is 78.4. The molecule has 2 amide bonds. The molecule has 0 saturated heterocycles. The number of carbonyl (C=O) groups is 2. The quantitative estimate of drug-likeness (QED) is 0.473. The van der Waals surface area contributed by atoms with Gasteiger partial charge in [0.2, 0.25) is 5.91 Å². The molecule has 1 aromatic carbocycles. The van der Waals surface area contributed by atoms with E-state index in [1.165, 1.54) is 6.42 Å². The van der Waals surface area contributed by atoms with Gasteiger partial charge in [0.05, 0.1) is 17.7 Å². The molecule has 2 aliphatic rings. The normalized spacial score (nSPS) is 21.8. The van der Waals surface area contributed by atoms with Gasteiger partial charge < -0.3 is 15.5 Å². The summed E-state index contributed by atoms with van der Waals surface area (Å²) in [5.41, 5.74) is -3.69. The summed E-state index contributed by atoms with van der Waals surface area (Å²) in [6.45, 7) is 0.883. The zero-order chi connectivity index (χ0) is 26.5. The first-order valence-corrected chi connectivity index (χ1v) is 12.4. The Balaban J connectivity index is 1.46. The summed E-state index contributed by atoms with van der Waals surface area (Å²) >= 11 is 0. The summed E-state index contributed by atoms with van der Waals surface area (Å²) in [7, 11) is 1.84. The number of halogens is 6. The minimum atomic E-state index is -5.01. The fourth-order valence-electron chi connectivity index (χ4n) is 5.05. The van der Waals surface area contributed by atoms with Crippen molar-refractivity contribution >= 4 is 11.8 Å². The van der Waals surface area contributed by atoms with Crippen molar-refractivity contribution < 1.29 is 35.9 Å². The van der Waals surface area contributed by atoms with E-state index in [1.807, 2.05) is 11.9 Å². The lowest BCUT2D eigenvalue weighted by atomic mass is 9.86. The Hall–Kier alpha value is -2.30. The van der Waals surface area contributed by atoms with Crippen molar-refractivity contribution in [2.75, 3.05) is 20.1 Å². The molecule has 0 atom stereocenters. The van der Waals surface area contributed by atoms with Gasteiger partial charge in [-0.1, -0.05) is 19.3 Å². The topological polar surface area (TPSA) is 61.4 Å². The van der Waals surface area contributed by atoms with Gasteiger partial charge in [-0.2, -0.15) is 26.3 Å². The van der Waals surface area contributed by atoms with E-state index in [0.717, 1.165) is 38.5 Å². The predicted molar refractivity (Wildman–Crippen MR) is 122 cm³/mol. The molecule has 5 nitrogen and oxygen atoms in total. The Morgan fingerprint density at radius 2 is 1.42 bits per heavy atom. The fourth-order valence-corrected chi connectivity index (χ4v) is 5.05. The van der Waals surface area contributed by atoms with Crippen molar-refractivity contribution in [3.05, 3.63) is 34.9 Å². The van der Waals surface area contributed by atoms with Gasteiger partial charge in [-0.05, 0) is 69.2 Å². The molecule has 0 bridgehead atoms. The van der Waals surface area contributed by atoms with Crippen molar-refractivity contribution in [3.63, 3.8) is 0 Å². The highest BCUT2D eigenvalue weighted by Gasteiger charge is 2.37. The summed E-state index contributed by atoms with van der Waals surface area (Å²) in [6, 6.07) is 0.864. The Morgan fingerprint density at radius 1 is 0.861 bits per heavy atom. The first-order valence-electron chi connectivity index (χ1n) is 12.4. The van der Waals surface area contributed by atoms with Crippen LogP contribution in [0.2, 0.25) is 0 Å². The van der Waals surface area contributed by atoms with Crippen LogP contribution < -0.4 is 10.6 Å². The number of benzene rings is 1. The highest BCUT2D eigenvalue weighted by atomic mass is 19.4. The van der Waals surface area contributed by atoms with Crippen LogP contribution in [0.1, 0.15) is 79.3 Å². The van der Waals surface area contributed by atoms with Crippen molar-refractivity contribution in [2.24, 2.45) is 5.92 Å². The highest BCUT2D eigenvalue weighted by molar-refractivity contribution is 5.94. The molecule has 11 heteroatoms. The maximum Gasteiger partial charge on any atom is 0.416 e. The number of likely N-dealkylation sites (N-methyl/N-ethyl adjacent to an activating group) is 1. The van der Waals surface area contributed by atoms with Gasteiger partial charge in [0, 0.05) is 24.7 Å². The lowest BCUT2D eigenvalue weighted by Gasteiger charge is -2.32. The maximum absolute atomic E-state index is 13.1. The second kappa shape index (κ2) is 11.8. The Kier molecular flexibility index (Phi) is 9.29. The first-order chi connectivity index (χ1) is 16.8. The van der Waals surface area contributed by atoms with Gasteiger partial charge in [0.15, 0.2) is 0 Å². The van der Waals surface area contributed by atoms with Crippen LogP contribution in [0.25, 0.3) is 0 Å². The average molecular weight is 522 g/mol. The lowest BCUT2D eigenvalue weighted by molar-refractivity contribution is -0.143. The zero-order valence-corrected chi connectivity index (χ0v) is 20.3. The minimum Gasteiger partial charge on any atom is -0.349 e. The van der Waals surface area contributed by atoms with E-state index in [1.54, 1.807) is 0 Å². The molecule has 2 N–H and O–H groups in total. The number of hydrogen-bond acceptors (Lipinski definition) is 3. The van der Waals surface area contributed by atoms with Crippen molar-refractivity contribution in [3.8, 4) is 0 Å². The molecule has 0 spiro atoms. The largest absolute Gasteiger partial charge is 0.416 e. The SMILES string of the molecule is CN(C(=O)CNCC1CCC(NC(=O)c2cc(C(F)(F)F)cc(C(F)(F)F)c2)CC1)C1CCCCC1. The number of rotatable bonds is 7. The smallest absolute Gasteiger partial charge is 0.349 e. The molecule has 1 aromatic rings. The third kappa shape index (κ3) is 7.85. The monoisotopic (exact) mass is 521 g/mol. The van der Waals surface area contributed by atoms with Crippen LogP contribution in [-0.4, -0.2) is 48.9 Å². The van der Waals surface area contributed by atoms with Crippen molar-refractivity contribution in [1.82, 2.24) is 15.5 Å². The molecular weight excluding hydrogens is 488 g/mol. The van der Waals surface area contributed by atoms with Crippen LogP contribution in [0, 0.1) is 5.92 Å². The standard InChI is InChI=1S/C25H33F6N3O2/c1-34(21-5-3-2-4-6-21)22(35)15-32-14-16-7-9-20(10-8-16)33-23(36)17-11-18(24(26,27)28)13-19(12-17)25(29,30)31/h11-13,16,20-21,32H,2-10,14-15H2,1H3,(H,33,36). The average Bonchev–Trinajstić information content (AvgIpc) is 2.83. The van der Waals surface area contributed by atoms with E-state index < -0.39 is 35.0 Å². The van der Waals surface area contributed by atoms with Gasteiger partial charge in [-0.3, -0.25) is 9.59 Å². The van der Waals surface area contributed by atoms with Gasteiger partial charge >= 0.3 is 12.4 Å². The number of nitrogens with one attached hydrogen (secondary N) is 2. The molecule has 0 unspecified atom stereocenters. The van der Waals surface area contributed by atoms with Crippen LogP contribution in [0.5, 0.6) is 0 Å². The summed E-state index contributed by atoms with van der Waals surface area (Å²) in [6.07, 6.45) is -1.87. The van der Waals surface area contributed by atoms with Gasteiger partial charge in [0.25, 0.3) is 5.91 Å². The number of carbonyl (C=O) groups excluding carboxylic acids is 2. The number of amides is 2. The molecule has 0 aromatic heterocycles. The van der Waals surface area contributed by atoms with Gasteiger partial charge in [-0.25, -0.2) is 0 Å². The predicted octanol–water partition coefficient (Wildman–Crippen LogP) is 5.39. The zero-order valence-electron chi connectivity index (χ0n) is 20.3. The highest BCUT2D eigenvalue weighted by Crippen LogP contribution is 2.36. The number of nitrogens with zero attached hydrogens (tertiary/aromatic N) is 1. The number of alkyl halides is 6. The second-order valence-electron chi connectivity index (χ2n) is 9.91. The molecule has 2 aliphatic carbocycles. The van der Waals surface area contributed by atoms with Crippen molar-refractivity contribution in [1.29, 1.82) is 0 Å². The van der Waals surface area contributed by atoms with Gasteiger partial charge in [-0.15, -0.1) is 0 Å². The van der Waals surface area contributed by atoms with E-state index in [9.17, 15) is 35.9 Å². The Labute approximate surface area is 207 Å². The maximum atomic E-state index is 13.1.